The Morgan fingerprint density at radius 3 is 2.85 bits per heavy atom. The second kappa shape index (κ2) is 6.19. The summed E-state index contributed by atoms with van der Waals surface area (Å²) in [7, 11) is 0. The molecule has 2 aromatic heterocycles. The highest BCUT2D eigenvalue weighted by Gasteiger charge is 2.40. The summed E-state index contributed by atoms with van der Waals surface area (Å²) < 4.78 is 16.3. The summed E-state index contributed by atoms with van der Waals surface area (Å²) in [4.78, 5) is 25.5. The normalized spacial score (nSPS) is 28.3. The number of aromatic nitrogens is 2. The van der Waals surface area contributed by atoms with Crippen LogP contribution in [0.1, 0.15) is 43.0 Å². The van der Waals surface area contributed by atoms with Crippen LogP contribution in [0.4, 0.5) is 15.8 Å². The van der Waals surface area contributed by atoms with E-state index in [9.17, 15) is 19.1 Å². The van der Waals surface area contributed by atoms with Crippen LogP contribution in [-0.4, -0.2) is 50.9 Å². The first-order valence-electron chi connectivity index (χ1n) is 9.04. The lowest BCUT2D eigenvalue weighted by molar-refractivity contribution is -0.123. The zero-order valence-corrected chi connectivity index (χ0v) is 15.0. The van der Waals surface area contributed by atoms with Gasteiger partial charge in [0.2, 0.25) is 0 Å². The molecule has 0 spiro atoms. The van der Waals surface area contributed by atoms with E-state index < -0.39 is 23.7 Å². The van der Waals surface area contributed by atoms with Gasteiger partial charge in [-0.05, 0) is 32.3 Å². The van der Waals surface area contributed by atoms with Crippen molar-refractivity contribution < 1.29 is 19.1 Å². The zero-order chi connectivity index (χ0) is 19.3. The van der Waals surface area contributed by atoms with Crippen molar-refractivity contribution in [2.24, 2.45) is 5.73 Å². The number of nitrogens with two attached hydrogens (primary N) is 1. The SMILES string of the molecule is C[C@]1(F)CCC[C@H]1Nc1c(C(N)=O)cnn2cc(N3CCC(O)C3=O)cc12. The molecule has 0 bridgehead atoms. The minimum absolute atomic E-state index is 0.169. The van der Waals surface area contributed by atoms with E-state index in [0.717, 1.165) is 6.42 Å². The maximum atomic E-state index is 14.8. The number of halogens is 1. The first kappa shape index (κ1) is 17.7. The molecule has 4 rings (SSSR count). The van der Waals surface area contributed by atoms with Crippen molar-refractivity contribution in [2.75, 3.05) is 16.8 Å². The molecule has 27 heavy (non-hydrogen) atoms. The Morgan fingerprint density at radius 1 is 1.48 bits per heavy atom. The van der Waals surface area contributed by atoms with Crippen molar-refractivity contribution in [3.05, 3.63) is 24.0 Å². The van der Waals surface area contributed by atoms with E-state index in [0.29, 0.717) is 42.7 Å². The number of amides is 2. The van der Waals surface area contributed by atoms with Crippen molar-refractivity contribution >= 4 is 28.7 Å². The third kappa shape index (κ3) is 2.91. The highest BCUT2D eigenvalue weighted by Crippen LogP contribution is 2.37. The van der Waals surface area contributed by atoms with Crippen molar-refractivity contribution in [3.8, 4) is 0 Å². The highest BCUT2D eigenvalue weighted by molar-refractivity contribution is 6.03. The van der Waals surface area contributed by atoms with E-state index in [1.807, 2.05) is 0 Å². The molecule has 0 aromatic carbocycles. The van der Waals surface area contributed by atoms with Crippen LogP contribution in [-0.2, 0) is 4.79 Å². The number of aliphatic hydroxyl groups excluding tert-OH is 1. The number of primary amides is 1. The predicted octanol–water partition coefficient (Wildman–Crippen LogP) is 1.22. The Bertz CT molecular complexity index is 925. The smallest absolute Gasteiger partial charge is 0.255 e. The van der Waals surface area contributed by atoms with Crippen LogP contribution < -0.4 is 16.0 Å². The van der Waals surface area contributed by atoms with Crippen LogP contribution in [0, 0.1) is 0 Å². The molecule has 3 heterocycles. The van der Waals surface area contributed by atoms with Crippen molar-refractivity contribution in [1.82, 2.24) is 9.61 Å². The number of carbonyl (C=O) groups is 2. The van der Waals surface area contributed by atoms with E-state index in [-0.39, 0.29) is 11.5 Å². The van der Waals surface area contributed by atoms with Crippen LogP contribution in [0.25, 0.3) is 5.52 Å². The van der Waals surface area contributed by atoms with Gasteiger partial charge >= 0.3 is 0 Å². The van der Waals surface area contributed by atoms with Gasteiger partial charge < -0.3 is 21.1 Å². The fourth-order valence-corrected chi connectivity index (χ4v) is 3.97. The number of fused-ring (bicyclic) bond motifs is 1. The summed E-state index contributed by atoms with van der Waals surface area (Å²) in [5, 5.41) is 17.0. The first-order chi connectivity index (χ1) is 12.8. The number of hydrogen-bond acceptors (Lipinski definition) is 5. The lowest BCUT2D eigenvalue weighted by Crippen LogP contribution is -2.36. The molecule has 1 saturated heterocycles. The molecule has 2 fully saturated rings. The monoisotopic (exact) mass is 375 g/mol. The van der Waals surface area contributed by atoms with Gasteiger partial charge in [-0.1, -0.05) is 0 Å². The lowest BCUT2D eigenvalue weighted by atomic mass is 10.0. The van der Waals surface area contributed by atoms with Crippen LogP contribution in [0.5, 0.6) is 0 Å². The van der Waals surface area contributed by atoms with Gasteiger partial charge in [-0.25, -0.2) is 8.91 Å². The van der Waals surface area contributed by atoms with Gasteiger partial charge in [0.1, 0.15) is 11.8 Å². The summed E-state index contributed by atoms with van der Waals surface area (Å²) in [5.41, 5.74) is 5.77. The minimum atomic E-state index is -1.39. The van der Waals surface area contributed by atoms with E-state index in [1.165, 1.54) is 15.6 Å². The maximum absolute atomic E-state index is 14.8. The molecule has 1 unspecified atom stereocenters. The topological polar surface area (TPSA) is 113 Å². The third-order valence-electron chi connectivity index (χ3n) is 5.58. The average molecular weight is 375 g/mol. The number of carbonyl (C=O) groups excluding carboxylic acids is 2. The second-order valence-corrected chi connectivity index (χ2v) is 7.49. The Balaban J connectivity index is 1.78. The zero-order valence-electron chi connectivity index (χ0n) is 15.0. The molecule has 1 saturated carbocycles. The van der Waals surface area contributed by atoms with Gasteiger partial charge in [0, 0.05) is 13.0 Å². The van der Waals surface area contributed by atoms with Crippen molar-refractivity contribution in [3.63, 3.8) is 0 Å². The minimum Gasteiger partial charge on any atom is -0.383 e. The van der Waals surface area contributed by atoms with Gasteiger partial charge in [-0.15, -0.1) is 0 Å². The summed E-state index contributed by atoms with van der Waals surface area (Å²) in [6.45, 7) is 1.95. The Kier molecular flexibility index (Phi) is 4.06. The Morgan fingerprint density at radius 2 is 2.26 bits per heavy atom. The molecule has 144 valence electrons. The van der Waals surface area contributed by atoms with Crippen LogP contribution in [0.3, 0.4) is 0 Å². The number of rotatable bonds is 4. The van der Waals surface area contributed by atoms with E-state index in [2.05, 4.69) is 10.4 Å². The molecule has 1 aliphatic heterocycles. The average Bonchev–Trinajstić information content (AvgIpc) is 3.26. The Labute approximate surface area is 155 Å². The van der Waals surface area contributed by atoms with Crippen LogP contribution >= 0.6 is 0 Å². The van der Waals surface area contributed by atoms with Gasteiger partial charge in [0.05, 0.1) is 40.9 Å². The summed E-state index contributed by atoms with van der Waals surface area (Å²) in [6.07, 6.45) is 4.18. The third-order valence-corrected chi connectivity index (χ3v) is 5.58. The predicted molar refractivity (Wildman–Crippen MR) is 97.5 cm³/mol. The van der Waals surface area contributed by atoms with Crippen molar-refractivity contribution in [2.45, 2.75) is 50.4 Å². The molecule has 2 aliphatic rings. The maximum Gasteiger partial charge on any atom is 0.255 e. The highest BCUT2D eigenvalue weighted by atomic mass is 19.1. The molecular formula is C18H22FN5O3. The van der Waals surface area contributed by atoms with Gasteiger partial charge in [0.15, 0.2) is 0 Å². The summed E-state index contributed by atoms with van der Waals surface area (Å²) in [6, 6.07) is 1.25. The van der Waals surface area contributed by atoms with E-state index >= 15 is 0 Å². The fraction of sp³-hybridized carbons (Fsp3) is 0.500. The molecule has 3 atom stereocenters. The van der Waals surface area contributed by atoms with Crippen molar-refractivity contribution in [1.29, 1.82) is 0 Å². The molecular weight excluding hydrogens is 353 g/mol. The van der Waals surface area contributed by atoms with Crippen LogP contribution in [0.15, 0.2) is 18.5 Å². The fourth-order valence-electron chi connectivity index (χ4n) is 3.97. The summed E-state index contributed by atoms with van der Waals surface area (Å²) in [5.74, 6) is -1.04. The standard InChI is InChI=1S/C18H22FN5O3/c1-18(19)5-2-3-14(18)22-15-11(16(20)26)8-21-24-9-10(7-12(15)24)23-6-4-13(25)17(23)27/h7-9,13-14,22,25H,2-6H2,1H3,(H2,20,26)/t13?,14-,18+/m1/s1. The lowest BCUT2D eigenvalue weighted by Gasteiger charge is -2.26. The number of anilines is 2. The quantitative estimate of drug-likeness (QED) is 0.744. The summed E-state index contributed by atoms with van der Waals surface area (Å²) >= 11 is 0. The van der Waals surface area contributed by atoms with E-state index in [4.69, 9.17) is 5.73 Å². The molecule has 4 N–H and O–H groups in total. The number of hydrogen-bond donors (Lipinski definition) is 3. The number of nitrogens with one attached hydrogen (secondary N) is 1. The largest absolute Gasteiger partial charge is 0.383 e. The molecule has 8 nitrogen and oxygen atoms in total. The molecule has 0 radical (unpaired) electrons. The van der Waals surface area contributed by atoms with Crippen LogP contribution in [0.2, 0.25) is 0 Å². The molecule has 2 aromatic rings. The molecule has 1 aliphatic carbocycles. The second-order valence-electron chi connectivity index (χ2n) is 7.49. The van der Waals surface area contributed by atoms with Gasteiger partial charge in [0.25, 0.3) is 11.8 Å². The first-order valence-corrected chi connectivity index (χ1v) is 9.04. The molecule has 2 amide bonds. The Hall–Kier alpha value is -2.68. The number of alkyl halides is 1. The molecule has 9 heteroatoms. The number of nitrogens with zero attached hydrogens (tertiary/aromatic N) is 3. The van der Waals surface area contributed by atoms with Gasteiger partial charge in [-0.3, -0.25) is 9.59 Å². The van der Waals surface area contributed by atoms with Gasteiger partial charge in [-0.2, -0.15) is 5.10 Å². The van der Waals surface area contributed by atoms with E-state index in [1.54, 1.807) is 19.2 Å². The number of aliphatic hydroxyl groups is 1.